The highest BCUT2D eigenvalue weighted by Crippen LogP contribution is 2.36. The summed E-state index contributed by atoms with van der Waals surface area (Å²) in [5.74, 6) is -1.15. The van der Waals surface area contributed by atoms with Crippen LogP contribution >= 0.6 is 0 Å². The van der Waals surface area contributed by atoms with Crippen molar-refractivity contribution in [1.82, 2.24) is 0 Å². The number of aliphatic hydroxyl groups excluding tert-OH is 1. The fraction of sp³-hybridized carbons (Fsp3) is 0.500. The molecular weight excluding hydrogens is 255 g/mol. The molecular formula is C14H16F3NO. The Balaban J connectivity index is 3.09. The molecule has 0 heterocycles. The molecule has 5 heteroatoms. The molecule has 0 aromatic heterocycles. The fourth-order valence-corrected chi connectivity index (χ4v) is 1.97. The Morgan fingerprint density at radius 2 is 1.95 bits per heavy atom. The summed E-state index contributed by atoms with van der Waals surface area (Å²) in [6, 6.07) is 6.70. The minimum Gasteiger partial charge on any atom is -0.391 e. The zero-order chi connectivity index (χ0) is 14.5. The zero-order valence-corrected chi connectivity index (χ0v) is 10.6. The number of alkyl halides is 3. The van der Waals surface area contributed by atoms with Gasteiger partial charge in [-0.1, -0.05) is 38.0 Å². The second kappa shape index (κ2) is 6.58. The van der Waals surface area contributed by atoms with Crippen LogP contribution in [0.3, 0.4) is 0 Å². The van der Waals surface area contributed by atoms with Gasteiger partial charge in [-0.2, -0.15) is 18.4 Å². The van der Waals surface area contributed by atoms with Crippen LogP contribution in [0.1, 0.15) is 43.2 Å². The first kappa shape index (κ1) is 15.5. The number of nitrogens with zero attached hydrogens (tertiary/aromatic N) is 1. The van der Waals surface area contributed by atoms with Crippen molar-refractivity contribution in [2.45, 2.75) is 44.4 Å². The van der Waals surface area contributed by atoms with Gasteiger partial charge in [-0.15, -0.1) is 0 Å². The summed E-state index contributed by atoms with van der Waals surface area (Å²) < 4.78 is 38.6. The molecule has 1 rings (SSSR count). The largest absolute Gasteiger partial charge is 0.416 e. The molecule has 0 aliphatic rings. The third kappa shape index (κ3) is 3.97. The summed E-state index contributed by atoms with van der Waals surface area (Å²) in [7, 11) is 0. The summed E-state index contributed by atoms with van der Waals surface area (Å²) in [6.45, 7) is 1.91. The van der Waals surface area contributed by atoms with Crippen LogP contribution < -0.4 is 0 Å². The van der Waals surface area contributed by atoms with Crippen molar-refractivity contribution in [3.8, 4) is 6.07 Å². The third-order valence-electron chi connectivity index (χ3n) is 2.98. The van der Waals surface area contributed by atoms with Crippen molar-refractivity contribution in [2.75, 3.05) is 0 Å². The van der Waals surface area contributed by atoms with Crippen molar-refractivity contribution in [2.24, 2.45) is 0 Å². The zero-order valence-electron chi connectivity index (χ0n) is 10.6. The molecule has 2 nitrogen and oxygen atoms in total. The minimum atomic E-state index is -4.52. The maximum absolute atomic E-state index is 12.9. The predicted molar refractivity (Wildman–Crippen MR) is 65.3 cm³/mol. The van der Waals surface area contributed by atoms with Crippen LogP contribution in [0.25, 0.3) is 0 Å². The SMILES string of the molecule is CCCCC(O)C(C#N)c1ccccc1C(F)(F)F. The highest BCUT2D eigenvalue weighted by molar-refractivity contribution is 5.36. The van der Waals surface area contributed by atoms with E-state index in [2.05, 4.69) is 0 Å². The molecule has 0 fully saturated rings. The molecule has 1 aromatic rings. The second-order valence-electron chi connectivity index (χ2n) is 4.40. The Morgan fingerprint density at radius 1 is 1.32 bits per heavy atom. The Hall–Kier alpha value is -1.54. The van der Waals surface area contributed by atoms with E-state index in [-0.39, 0.29) is 5.56 Å². The molecule has 0 spiro atoms. The summed E-state index contributed by atoms with van der Waals surface area (Å²) >= 11 is 0. The number of benzene rings is 1. The van der Waals surface area contributed by atoms with Gasteiger partial charge in [0.25, 0.3) is 0 Å². The first-order chi connectivity index (χ1) is 8.91. The Kier molecular flexibility index (Phi) is 5.37. The van der Waals surface area contributed by atoms with Gasteiger partial charge in [-0.3, -0.25) is 0 Å². The van der Waals surface area contributed by atoms with E-state index in [1.165, 1.54) is 18.2 Å². The van der Waals surface area contributed by atoms with Gasteiger partial charge in [0.15, 0.2) is 0 Å². The van der Waals surface area contributed by atoms with Gasteiger partial charge in [0.2, 0.25) is 0 Å². The van der Waals surface area contributed by atoms with Crippen LogP contribution in [-0.2, 0) is 6.18 Å². The minimum absolute atomic E-state index is 0.152. The molecule has 0 radical (unpaired) electrons. The number of unbranched alkanes of at least 4 members (excludes halogenated alkanes) is 1. The van der Waals surface area contributed by atoms with Crippen LogP contribution in [0.4, 0.5) is 13.2 Å². The summed E-state index contributed by atoms with van der Waals surface area (Å²) in [5, 5.41) is 19.0. The summed E-state index contributed by atoms with van der Waals surface area (Å²) in [6.07, 6.45) is -3.78. The van der Waals surface area contributed by atoms with Crippen LogP contribution in [0.2, 0.25) is 0 Å². The van der Waals surface area contributed by atoms with Crippen molar-refractivity contribution in [3.05, 3.63) is 35.4 Å². The first-order valence-corrected chi connectivity index (χ1v) is 6.15. The van der Waals surface area contributed by atoms with E-state index in [1.807, 2.05) is 6.92 Å². The lowest BCUT2D eigenvalue weighted by molar-refractivity contribution is -0.138. The molecule has 0 amide bonds. The van der Waals surface area contributed by atoms with Gasteiger partial charge in [0, 0.05) is 0 Å². The second-order valence-corrected chi connectivity index (χ2v) is 4.40. The Morgan fingerprint density at radius 3 is 2.47 bits per heavy atom. The van der Waals surface area contributed by atoms with Crippen LogP contribution in [0.15, 0.2) is 24.3 Å². The molecule has 0 aliphatic carbocycles. The number of halogens is 3. The predicted octanol–water partition coefficient (Wildman–Crippen LogP) is 3.86. The Bertz CT molecular complexity index is 451. The van der Waals surface area contributed by atoms with E-state index in [1.54, 1.807) is 6.07 Å². The molecule has 0 aliphatic heterocycles. The van der Waals surface area contributed by atoms with E-state index in [0.717, 1.165) is 12.5 Å². The monoisotopic (exact) mass is 271 g/mol. The average Bonchev–Trinajstić information content (AvgIpc) is 2.36. The smallest absolute Gasteiger partial charge is 0.391 e. The lowest BCUT2D eigenvalue weighted by atomic mass is 9.88. The number of nitriles is 1. The van der Waals surface area contributed by atoms with Crippen molar-refractivity contribution >= 4 is 0 Å². The number of hydrogen-bond acceptors (Lipinski definition) is 2. The Labute approximate surface area is 110 Å². The first-order valence-electron chi connectivity index (χ1n) is 6.15. The topological polar surface area (TPSA) is 44.0 Å². The molecule has 19 heavy (non-hydrogen) atoms. The lowest BCUT2D eigenvalue weighted by Gasteiger charge is -2.20. The molecule has 2 atom stereocenters. The molecule has 0 saturated carbocycles. The van der Waals surface area contributed by atoms with E-state index >= 15 is 0 Å². The van der Waals surface area contributed by atoms with Gasteiger partial charge in [0.1, 0.15) is 0 Å². The molecule has 104 valence electrons. The highest BCUT2D eigenvalue weighted by Gasteiger charge is 2.36. The quantitative estimate of drug-likeness (QED) is 0.883. The van der Waals surface area contributed by atoms with Crippen molar-refractivity contribution in [3.63, 3.8) is 0 Å². The third-order valence-corrected chi connectivity index (χ3v) is 2.98. The molecule has 0 saturated heterocycles. The van der Waals surface area contributed by atoms with Gasteiger partial charge in [0.05, 0.1) is 23.7 Å². The van der Waals surface area contributed by atoms with Gasteiger partial charge < -0.3 is 5.11 Å². The van der Waals surface area contributed by atoms with E-state index in [0.29, 0.717) is 12.8 Å². The summed E-state index contributed by atoms with van der Waals surface area (Å²) in [4.78, 5) is 0. The van der Waals surface area contributed by atoms with Crippen molar-refractivity contribution in [1.29, 1.82) is 5.26 Å². The fourth-order valence-electron chi connectivity index (χ4n) is 1.97. The number of aliphatic hydroxyl groups is 1. The standard InChI is InChI=1S/C14H16F3NO/c1-2-3-8-13(19)11(9-18)10-6-4-5-7-12(10)14(15,16)17/h4-7,11,13,19H,2-3,8H2,1H3. The van der Waals surface area contributed by atoms with Crippen LogP contribution in [0, 0.1) is 11.3 Å². The normalized spacial score (nSPS) is 14.7. The summed E-state index contributed by atoms with van der Waals surface area (Å²) in [5.41, 5.74) is -1.00. The van der Waals surface area contributed by atoms with E-state index in [4.69, 9.17) is 5.26 Å². The molecule has 1 N–H and O–H groups in total. The molecule has 1 aromatic carbocycles. The van der Waals surface area contributed by atoms with Crippen molar-refractivity contribution < 1.29 is 18.3 Å². The maximum Gasteiger partial charge on any atom is 0.416 e. The molecule has 0 bridgehead atoms. The van der Waals surface area contributed by atoms with E-state index in [9.17, 15) is 18.3 Å². The van der Waals surface area contributed by atoms with Crippen LogP contribution in [0.5, 0.6) is 0 Å². The number of rotatable bonds is 5. The highest BCUT2D eigenvalue weighted by atomic mass is 19.4. The number of hydrogen-bond donors (Lipinski definition) is 1. The van der Waals surface area contributed by atoms with E-state index < -0.39 is 23.8 Å². The lowest BCUT2D eigenvalue weighted by Crippen LogP contribution is -2.21. The maximum atomic E-state index is 12.9. The van der Waals surface area contributed by atoms with Gasteiger partial charge in [-0.05, 0) is 18.1 Å². The van der Waals surface area contributed by atoms with Gasteiger partial charge >= 0.3 is 6.18 Å². The molecule has 2 unspecified atom stereocenters. The van der Waals surface area contributed by atoms with Crippen LogP contribution in [-0.4, -0.2) is 11.2 Å². The average molecular weight is 271 g/mol. The van der Waals surface area contributed by atoms with Gasteiger partial charge in [-0.25, -0.2) is 0 Å².